The Labute approximate surface area is 551 Å². The topological polar surface area (TPSA) is 100 Å². The SMILES string of the molecule is CC#N.CC#N.CC[n+]1ccn(-c2cc(-n3cc[n+](CC)c3)cc(-n3cc[n+](CC)c3)c2)c1.CC[n+]1ccn(-c2cc(-n3cc[n+](CC)c3)cc(-n3cc[n+](CC)c3)c2)c1.F[P-](F)(F)(F)(F)F.F[P-](F)(F)(F)(F)F.F[P-](F)(F)(F)(F)F.F[P-](F)(F)(F)(F)F.F[P-](F)(F)(F)(F)F.F[P-](F)(F)(F)(F)F. The molecule has 102 heavy (non-hydrogen) atoms. The second kappa shape index (κ2) is 28.3. The van der Waals surface area contributed by atoms with Crippen LogP contribution in [0.25, 0.3) is 34.1 Å². The molecule has 56 heteroatoms. The third-order valence-electron chi connectivity index (χ3n) is 9.90. The molecule has 0 amide bonds. The van der Waals surface area contributed by atoms with Gasteiger partial charge in [0.25, 0.3) is 0 Å². The fourth-order valence-corrected chi connectivity index (χ4v) is 6.46. The summed E-state index contributed by atoms with van der Waals surface area (Å²) in [6, 6.07) is 16.8. The summed E-state index contributed by atoms with van der Waals surface area (Å²) in [6.45, 7) is 21.5. The van der Waals surface area contributed by atoms with Crippen LogP contribution in [0.3, 0.4) is 0 Å². The normalized spacial score (nSPS) is 15.6. The third kappa shape index (κ3) is 68.5. The van der Waals surface area contributed by atoms with Gasteiger partial charge < -0.3 is 0 Å². The first kappa shape index (κ1) is 96.8. The fourth-order valence-electron chi connectivity index (χ4n) is 6.46. The van der Waals surface area contributed by atoms with Gasteiger partial charge in [0.2, 0.25) is 38.0 Å². The van der Waals surface area contributed by atoms with Gasteiger partial charge in [0.15, 0.2) is 0 Å². The Kier molecular flexibility index (Phi) is 26.9. The van der Waals surface area contributed by atoms with Gasteiger partial charge in [-0.1, -0.05) is 0 Å². The van der Waals surface area contributed by atoms with Crippen LogP contribution in [0.15, 0.2) is 149 Å². The first-order valence-electron chi connectivity index (χ1n) is 26.7. The van der Waals surface area contributed by atoms with Crippen molar-refractivity contribution in [3.63, 3.8) is 0 Å². The molecule has 8 aromatic rings. The molecule has 14 nitrogen and oxygen atoms in total. The van der Waals surface area contributed by atoms with Gasteiger partial charge in [-0.15, -0.1) is 0 Å². The van der Waals surface area contributed by atoms with Crippen molar-refractivity contribution in [2.45, 2.75) is 94.7 Å². The first-order valence-corrected chi connectivity index (χ1v) is 38.8. The number of aryl methyl sites for hydroxylation is 6. The zero-order valence-electron chi connectivity index (χ0n) is 52.7. The van der Waals surface area contributed by atoms with Gasteiger partial charge in [-0.3, -0.25) is 0 Å². The van der Waals surface area contributed by atoms with Crippen molar-refractivity contribution < 1.29 is 178 Å². The standard InChI is InChI=1S/2C21H27N6.2C2H3N.6F6P/c2*1-4-22-7-10-25(16-22)19-13-20(26-11-8-23(5-2)17-26)15-21(14-19)27-12-9-24(6-3)18-27;2*1-2-3;6*1-7(2,3,4,5)6/h2*7-18H,4-6H2,1-3H3;2*1H3;;;;;;/q2*+3;;;6*-1. The van der Waals surface area contributed by atoms with Crippen LogP contribution in [0.4, 0.5) is 151 Å². The summed E-state index contributed by atoms with van der Waals surface area (Å²) in [4.78, 5) is 0. The molecular weight excluding hydrogens is 1620 g/mol. The summed E-state index contributed by atoms with van der Waals surface area (Å²) in [7, 11) is -63.9. The Morgan fingerprint density at radius 3 is 0.373 bits per heavy atom. The Bertz CT molecular complexity index is 3380. The number of hydrogen-bond donors (Lipinski definition) is 0. The number of nitriles is 2. The molecule has 0 aliphatic heterocycles. The minimum absolute atomic E-state index is 0.960. The zero-order valence-corrected chi connectivity index (χ0v) is 58.0. The predicted molar refractivity (Wildman–Crippen MR) is 308 cm³/mol. The summed E-state index contributed by atoms with van der Waals surface area (Å²) in [5, 5.41) is 14.6. The van der Waals surface area contributed by atoms with Gasteiger partial charge in [-0.2, -0.15) is 10.5 Å². The maximum atomic E-state index is 9.87. The fraction of sp³-hybridized carbons (Fsp3) is 0.304. The van der Waals surface area contributed by atoms with Crippen molar-refractivity contribution in [2.75, 3.05) is 0 Å². The van der Waals surface area contributed by atoms with Crippen LogP contribution in [-0.4, -0.2) is 27.4 Å². The molecular formula is C46H60F36N14P6. The summed E-state index contributed by atoms with van der Waals surface area (Å²) < 4.78 is 381. The zero-order chi connectivity index (χ0) is 81.5. The van der Waals surface area contributed by atoms with E-state index in [2.05, 4.69) is 245 Å². The van der Waals surface area contributed by atoms with E-state index in [0.29, 0.717) is 0 Å². The van der Waals surface area contributed by atoms with E-state index >= 15 is 0 Å². The second-order valence-corrected chi connectivity index (χ2v) is 31.0. The van der Waals surface area contributed by atoms with Crippen molar-refractivity contribution in [2.24, 2.45) is 0 Å². The average Bonchev–Trinajstić information content (AvgIpc) is 1.06. The minimum atomic E-state index is -10.7. The molecule has 0 aliphatic rings. The molecule has 0 N–H and O–H groups in total. The van der Waals surface area contributed by atoms with Gasteiger partial charge >= 0.3 is 198 Å². The second-order valence-electron chi connectivity index (χ2n) is 19.5. The molecule has 2 aromatic carbocycles. The van der Waals surface area contributed by atoms with Crippen molar-refractivity contribution in [3.8, 4) is 46.3 Å². The molecule has 0 atom stereocenters. The molecule has 0 unspecified atom stereocenters. The third-order valence-corrected chi connectivity index (χ3v) is 9.90. The first-order chi connectivity index (χ1) is 43.9. The molecule has 0 saturated heterocycles. The van der Waals surface area contributed by atoms with Crippen LogP contribution < -0.4 is 27.4 Å². The number of imidazole rings is 6. The Morgan fingerprint density at radius 2 is 0.314 bits per heavy atom. The van der Waals surface area contributed by atoms with Crippen molar-refractivity contribution in [1.82, 2.24) is 27.4 Å². The van der Waals surface area contributed by atoms with Gasteiger partial charge in [-0.25, -0.2) is 54.8 Å². The van der Waals surface area contributed by atoms with Crippen LogP contribution in [0, 0.1) is 22.7 Å². The molecule has 0 aliphatic carbocycles. The molecule has 8 rings (SSSR count). The van der Waals surface area contributed by atoms with E-state index in [1.54, 1.807) is 12.1 Å². The van der Waals surface area contributed by atoms with Crippen LogP contribution in [0.5, 0.6) is 0 Å². The van der Waals surface area contributed by atoms with Crippen molar-refractivity contribution in [1.29, 1.82) is 10.5 Å². The molecule has 0 radical (unpaired) electrons. The van der Waals surface area contributed by atoms with E-state index < -0.39 is 46.9 Å². The van der Waals surface area contributed by atoms with E-state index in [-0.39, 0.29) is 0 Å². The van der Waals surface area contributed by atoms with E-state index in [9.17, 15) is 151 Å². The number of hydrogen-bond acceptors (Lipinski definition) is 2. The van der Waals surface area contributed by atoms with Gasteiger partial charge in [-0.05, 0) is 41.5 Å². The Morgan fingerprint density at radius 1 is 0.235 bits per heavy atom. The molecule has 0 spiro atoms. The van der Waals surface area contributed by atoms with Gasteiger partial charge in [0, 0.05) is 50.2 Å². The van der Waals surface area contributed by atoms with E-state index in [1.807, 2.05) is 0 Å². The number of rotatable bonds is 12. The Hall–Kier alpha value is -7.26. The van der Waals surface area contributed by atoms with Crippen LogP contribution in [-0.2, 0) is 39.3 Å². The summed E-state index contributed by atoms with van der Waals surface area (Å²) >= 11 is 0. The maximum absolute atomic E-state index is 10.7. The number of halogens is 36. The van der Waals surface area contributed by atoms with Crippen LogP contribution >= 0.6 is 46.9 Å². The molecule has 596 valence electrons. The van der Waals surface area contributed by atoms with E-state index in [4.69, 9.17) is 10.5 Å². The monoisotopic (exact) mass is 1680 g/mol. The van der Waals surface area contributed by atoms with E-state index in [1.165, 1.54) is 13.8 Å². The molecule has 0 saturated carbocycles. The molecule has 0 bridgehead atoms. The van der Waals surface area contributed by atoms with Crippen molar-refractivity contribution in [3.05, 3.63) is 149 Å². The van der Waals surface area contributed by atoms with Crippen LogP contribution in [0.2, 0.25) is 0 Å². The number of aromatic nitrogens is 12. The van der Waals surface area contributed by atoms with Crippen LogP contribution in [0.1, 0.15) is 55.4 Å². The Balaban J connectivity index is 0. The molecule has 0 fully saturated rings. The summed E-state index contributed by atoms with van der Waals surface area (Å²) in [5.41, 5.74) is 6.85. The summed E-state index contributed by atoms with van der Waals surface area (Å²) in [5.74, 6) is 0. The molecule has 6 aromatic heterocycles. The molecule has 6 heterocycles. The van der Waals surface area contributed by atoms with Gasteiger partial charge in [0.1, 0.15) is 108 Å². The summed E-state index contributed by atoms with van der Waals surface area (Å²) in [6.07, 6.45) is 38.1. The van der Waals surface area contributed by atoms with E-state index in [0.717, 1.165) is 73.4 Å². The predicted octanol–water partition coefficient (Wildman–Crippen LogP) is 25.3. The van der Waals surface area contributed by atoms with Crippen molar-refractivity contribution >= 4 is 46.9 Å². The number of benzene rings is 2. The number of nitrogens with zero attached hydrogens (tertiary/aromatic N) is 14. The quantitative estimate of drug-likeness (QED) is 0.0691. The average molecular weight is 1680 g/mol. The van der Waals surface area contributed by atoms with Gasteiger partial charge in [0.05, 0.1) is 51.4 Å².